The lowest BCUT2D eigenvalue weighted by Crippen LogP contribution is -2.11. The lowest BCUT2D eigenvalue weighted by Gasteiger charge is -2.00. The van der Waals surface area contributed by atoms with Gasteiger partial charge in [-0.1, -0.05) is 44.0 Å². The van der Waals surface area contributed by atoms with Crippen molar-refractivity contribution in [2.24, 2.45) is 0 Å². The molecule has 1 heterocycles. The molecule has 0 radical (unpaired) electrons. The zero-order valence-electron chi connectivity index (χ0n) is 9.67. The standard InChI is InChI=1S/C9H7ClN2O.C3H8/c1-5-6-3-2-4-7(10)8(6)12-9(13)11-5;1-3-2/h2-4H,1H3,(H,11,12,13);3H2,1-2H3. The van der Waals surface area contributed by atoms with Gasteiger partial charge in [0.1, 0.15) is 0 Å². The summed E-state index contributed by atoms with van der Waals surface area (Å²) in [5.74, 6) is 0. The zero-order chi connectivity index (χ0) is 12.1. The molecule has 16 heavy (non-hydrogen) atoms. The van der Waals surface area contributed by atoms with E-state index in [2.05, 4.69) is 23.8 Å². The molecule has 3 nitrogen and oxygen atoms in total. The molecule has 0 amide bonds. The third-order valence-corrected chi connectivity index (χ3v) is 2.20. The molecule has 0 saturated carbocycles. The van der Waals surface area contributed by atoms with Crippen LogP contribution >= 0.6 is 11.6 Å². The Bertz CT molecular complexity index is 534. The molecule has 0 saturated heterocycles. The maximum absolute atomic E-state index is 11.0. The average Bonchev–Trinajstić information content (AvgIpc) is 2.21. The maximum Gasteiger partial charge on any atom is 0.345 e. The van der Waals surface area contributed by atoms with Gasteiger partial charge >= 0.3 is 5.69 Å². The number of aromatic amines is 1. The second-order valence-electron chi connectivity index (χ2n) is 3.51. The average molecular weight is 239 g/mol. The second-order valence-corrected chi connectivity index (χ2v) is 3.92. The molecule has 0 unspecified atom stereocenters. The van der Waals surface area contributed by atoms with Gasteiger partial charge in [0.15, 0.2) is 0 Å². The van der Waals surface area contributed by atoms with E-state index in [0.717, 1.165) is 11.1 Å². The van der Waals surface area contributed by atoms with Crippen molar-refractivity contribution in [1.29, 1.82) is 0 Å². The minimum Gasteiger partial charge on any atom is -0.309 e. The Hall–Kier alpha value is -1.35. The second kappa shape index (κ2) is 5.66. The number of para-hydroxylation sites is 1. The number of aryl methyl sites for hydroxylation is 1. The molecule has 1 N–H and O–H groups in total. The number of hydrogen-bond acceptors (Lipinski definition) is 2. The molecule has 2 rings (SSSR count). The van der Waals surface area contributed by atoms with E-state index in [9.17, 15) is 4.79 Å². The highest BCUT2D eigenvalue weighted by Crippen LogP contribution is 2.20. The Balaban J connectivity index is 0.000000386. The normalized spacial score (nSPS) is 9.75. The highest BCUT2D eigenvalue weighted by molar-refractivity contribution is 6.35. The van der Waals surface area contributed by atoms with Gasteiger partial charge in [-0.25, -0.2) is 4.79 Å². The first-order valence-electron chi connectivity index (χ1n) is 5.25. The number of halogens is 1. The number of hydrogen-bond donors (Lipinski definition) is 1. The van der Waals surface area contributed by atoms with Crippen molar-refractivity contribution in [2.45, 2.75) is 27.2 Å². The van der Waals surface area contributed by atoms with Crippen LogP contribution in [0.1, 0.15) is 26.0 Å². The smallest absolute Gasteiger partial charge is 0.309 e. The Kier molecular flexibility index (Phi) is 4.50. The third-order valence-electron chi connectivity index (χ3n) is 1.90. The number of nitrogens with zero attached hydrogens (tertiary/aromatic N) is 1. The molecular weight excluding hydrogens is 224 g/mol. The van der Waals surface area contributed by atoms with Crippen molar-refractivity contribution < 1.29 is 0 Å². The fourth-order valence-electron chi connectivity index (χ4n) is 1.29. The van der Waals surface area contributed by atoms with Gasteiger partial charge in [-0.2, -0.15) is 4.98 Å². The first kappa shape index (κ1) is 12.7. The monoisotopic (exact) mass is 238 g/mol. The summed E-state index contributed by atoms with van der Waals surface area (Å²) in [7, 11) is 0. The number of rotatable bonds is 0. The van der Waals surface area contributed by atoms with Crippen molar-refractivity contribution in [3.8, 4) is 0 Å². The molecule has 0 atom stereocenters. The zero-order valence-corrected chi connectivity index (χ0v) is 10.4. The van der Waals surface area contributed by atoms with E-state index < -0.39 is 0 Å². The SMILES string of the molecule is CCC.Cc1[nH]c(=O)nc2c(Cl)cccc12. The van der Waals surface area contributed by atoms with Crippen LogP contribution in [0.2, 0.25) is 5.02 Å². The van der Waals surface area contributed by atoms with Crippen LogP contribution in [0.4, 0.5) is 0 Å². The predicted molar refractivity (Wildman–Crippen MR) is 68.1 cm³/mol. The van der Waals surface area contributed by atoms with Gasteiger partial charge in [0.05, 0.1) is 10.5 Å². The summed E-state index contributed by atoms with van der Waals surface area (Å²) >= 11 is 5.89. The minimum absolute atomic E-state index is 0.363. The van der Waals surface area contributed by atoms with E-state index >= 15 is 0 Å². The van der Waals surface area contributed by atoms with Crippen LogP contribution in [0.15, 0.2) is 23.0 Å². The van der Waals surface area contributed by atoms with E-state index in [1.165, 1.54) is 6.42 Å². The first-order chi connectivity index (χ1) is 7.60. The lowest BCUT2D eigenvalue weighted by atomic mass is 10.2. The Morgan fingerprint density at radius 2 is 2.00 bits per heavy atom. The third kappa shape index (κ3) is 2.83. The topological polar surface area (TPSA) is 45.8 Å². The molecule has 4 heteroatoms. The van der Waals surface area contributed by atoms with Gasteiger partial charge in [-0.3, -0.25) is 0 Å². The van der Waals surface area contributed by atoms with Gasteiger partial charge in [-0.15, -0.1) is 0 Å². The molecule has 0 aliphatic heterocycles. The van der Waals surface area contributed by atoms with Crippen molar-refractivity contribution in [2.75, 3.05) is 0 Å². The van der Waals surface area contributed by atoms with Gasteiger partial charge in [0, 0.05) is 11.1 Å². The number of nitrogens with one attached hydrogen (secondary N) is 1. The van der Waals surface area contributed by atoms with E-state index in [1.807, 2.05) is 19.1 Å². The molecule has 1 aromatic carbocycles. The minimum atomic E-state index is -0.363. The predicted octanol–water partition coefficient (Wildman–Crippen LogP) is 3.30. The molecule has 1 aromatic heterocycles. The van der Waals surface area contributed by atoms with E-state index in [4.69, 9.17) is 11.6 Å². The Labute approximate surface area is 99.5 Å². The number of fused-ring (bicyclic) bond motifs is 1. The summed E-state index contributed by atoms with van der Waals surface area (Å²) in [6.45, 7) is 6.07. The molecular formula is C12H15ClN2O. The lowest BCUT2D eigenvalue weighted by molar-refractivity contribution is 1.07. The van der Waals surface area contributed by atoms with Crippen LogP contribution in [0.3, 0.4) is 0 Å². The maximum atomic E-state index is 11.0. The molecule has 0 aliphatic rings. The summed E-state index contributed by atoms with van der Waals surface area (Å²) < 4.78 is 0. The van der Waals surface area contributed by atoms with Gasteiger partial charge < -0.3 is 4.98 Å². The Morgan fingerprint density at radius 1 is 1.38 bits per heavy atom. The van der Waals surface area contributed by atoms with E-state index in [1.54, 1.807) is 6.07 Å². The van der Waals surface area contributed by atoms with E-state index in [0.29, 0.717) is 10.5 Å². The van der Waals surface area contributed by atoms with Crippen LogP contribution < -0.4 is 5.69 Å². The molecule has 0 fully saturated rings. The summed E-state index contributed by atoms with van der Waals surface area (Å²) in [6.07, 6.45) is 1.25. The summed E-state index contributed by atoms with van der Waals surface area (Å²) in [6, 6.07) is 5.42. The van der Waals surface area contributed by atoms with Crippen LogP contribution in [-0.2, 0) is 0 Å². The van der Waals surface area contributed by atoms with Crippen molar-refractivity contribution >= 4 is 22.5 Å². The highest BCUT2D eigenvalue weighted by atomic mass is 35.5. The van der Waals surface area contributed by atoms with Gasteiger partial charge in [0.25, 0.3) is 0 Å². The highest BCUT2D eigenvalue weighted by Gasteiger charge is 2.03. The van der Waals surface area contributed by atoms with Crippen molar-refractivity contribution in [1.82, 2.24) is 9.97 Å². The number of benzene rings is 1. The van der Waals surface area contributed by atoms with Gasteiger partial charge in [0.2, 0.25) is 0 Å². The van der Waals surface area contributed by atoms with Crippen LogP contribution in [-0.4, -0.2) is 9.97 Å². The molecule has 0 aliphatic carbocycles. The largest absolute Gasteiger partial charge is 0.345 e. The van der Waals surface area contributed by atoms with Crippen molar-refractivity contribution in [3.63, 3.8) is 0 Å². The quantitative estimate of drug-likeness (QED) is 0.766. The van der Waals surface area contributed by atoms with Crippen LogP contribution in [0.5, 0.6) is 0 Å². The fourth-order valence-corrected chi connectivity index (χ4v) is 1.51. The van der Waals surface area contributed by atoms with Gasteiger partial charge in [-0.05, 0) is 13.0 Å². The fraction of sp³-hybridized carbons (Fsp3) is 0.333. The van der Waals surface area contributed by atoms with Crippen molar-refractivity contribution in [3.05, 3.63) is 39.4 Å². The molecule has 86 valence electrons. The van der Waals surface area contributed by atoms with Crippen LogP contribution in [0, 0.1) is 6.92 Å². The summed E-state index contributed by atoms with van der Waals surface area (Å²) in [4.78, 5) is 17.4. The molecule has 2 aromatic rings. The Morgan fingerprint density at radius 3 is 2.62 bits per heavy atom. The first-order valence-corrected chi connectivity index (χ1v) is 5.63. The number of aromatic nitrogens is 2. The summed E-state index contributed by atoms with van der Waals surface area (Å²) in [5, 5.41) is 1.39. The number of H-pyrrole nitrogens is 1. The molecule has 0 bridgehead atoms. The summed E-state index contributed by atoms with van der Waals surface area (Å²) in [5.41, 5.74) is 0.987. The van der Waals surface area contributed by atoms with Crippen LogP contribution in [0.25, 0.3) is 10.9 Å². The molecule has 0 spiro atoms. The van der Waals surface area contributed by atoms with E-state index in [-0.39, 0.29) is 5.69 Å².